The van der Waals surface area contributed by atoms with Gasteiger partial charge < -0.3 is 20.4 Å². The number of carboxylic acid groups (broad SMARTS) is 2. The lowest BCUT2D eigenvalue weighted by Gasteiger charge is -2.10. The fourth-order valence-corrected chi connectivity index (χ4v) is 0.856. The number of hydrogen-bond donors (Lipinski definition) is 4. The van der Waals surface area contributed by atoms with Gasteiger partial charge in [-0.2, -0.15) is 0 Å². The van der Waals surface area contributed by atoms with Gasteiger partial charge in [-0.05, 0) is 25.5 Å². The largest absolute Gasteiger partial charge is 0.478 e. The first-order valence-corrected chi connectivity index (χ1v) is 5.19. The highest BCUT2D eigenvalue weighted by Gasteiger charge is 2.13. The number of rotatable bonds is 3. The van der Waals surface area contributed by atoms with E-state index >= 15 is 0 Å². The summed E-state index contributed by atoms with van der Waals surface area (Å²) in [5.41, 5.74) is -0.380. The first-order chi connectivity index (χ1) is 8.19. The molecule has 0 unspecified atom stereocenters. The second kappa shape index (κ2) is 6.73. The summed E-state index contributed by atoms with van der Waals surface area (Å²) in [4.78, 5) is 20.9. The van der Waals surface area contributed by atoms with Crippen molar-refractivity contribution in [1.29, 1.82) is 0 Å². The predicted octanol–water partition coefficient (Wildman–Crippen LogP) is 1.18. The molecule has 1 aromatic rings. The summed E-state index contributed by atoms with van der Waals surface area (Å²) in [5.74, 6) is -3.92. The summed E-state index contributed by atoms with van der Waals surface area (Å²) in [7, 11) is 0. The molecule has 6 nitrogen and oxygen atoms in total. The Balaban J connectivity index is 0.000000411. The Morgan fingerprint density at radius 1 is 1.06 bits per heavy atom. The number of carboxylic acids is 2. The lowest BCUT2D eigenvalue weighted by Crippen LogP contribution is -2.20. The van der Waals surface area contributed by atoms with Gasteiger partial charge in [0, 0.05) is 0 Å². The van der Waals surface area contributed by atoms with Crippen molar-refractivity contribution in [2.45, 2.75) is 26.1 Å². The maximum absolute atomic E-state index is 10.5. The molecule has 0 radical (unpaired) electrons. The van der Waals surface area contributed by atoms with Crippen molar-refractivity contribution in [3.8, 4) is 0 Å². The minimum Gasteiger partial charge on any atom is -0.478 e. The zero-order valence-electron chi connectivity index (χ0n) is 10.1. The second-order valence-corrected chi connectivity index (χ2v) is 3.73. The van der Waals surface area contributed by atoms with Crippen LogP contribution in [0.4, 0.5) is 0 Å². The average Bonchev–Trinajstić information content (AvgIpc) is 2.28. The first-order valence-electron chi connectivity index (χ1n) is 5.19. The molecule has 100 valence electrons. The Labute approximate surface area is 104 Å². The maximum atomic E-state index is 10.5. The molecule has 0 amide bonds. The highest BCUT2D eigenvalue weighted by Crippen LogP contribution is 2.07. The summed E-state index contributed by atoms with van der Waals surface area (Å²) in [6.45, 7) is 3.06. The Morgan fingerprint density at radius 2 is 1.33 bits per heavy atom. The monoisotopic (exact) mass is 256 g/mol. The van der Waals surface area contributed by atoms with Crippen molar-refractivity contribution >= 4 is 11.9 Å². The topological polar surface area (TPSA) is 115 Å². The average molecular weight is 256 g/mol. The molecule has 6 heteroatoms. The van der Waals surface area contributed by atoms with Gasteiger partial charge in [0.05, 0.1) is 11.1 Å². The number of aliphatic hydroxyl groups is 2. The Hall–Kier alpha value is -1.92. The maximum Gasteiger partial charge on any atom is 0.336 e. The Bertz CT molecular complexity index is 386. The molecule has 1 aromatic carbocycles. The second-order valence-electron chi connectivity index (χ2n) is 3.73. The van der Waals surface area contributed by atoms with Crippen LogP contribution in [0.15, 0.2) is 24.3 Å². The molecule has 0 fully saturated rings. The van der Waals surface area contributed by atoms with Crippen molar-refractivity contribution in [2.24, 2.45) is 0 Å². The molecule has 0 bridgehead atoms. The molecule has 0 heterocycles. The van der Waals surface area contributed by atoms with E-state index < -0.39 is 17.7 Å². The molecular formula is C12H16O6. The van der Waals surface area contributed by atoms with Crippen LogP contribution in [0, 0.1) is 0 Å². The van der Waals surface area contributed by atoms with Crippen LogP contribution in [-0.4, -0.2) is 38.2 Å². The summed E-state index contributed by atoms with van der Waals surface area (Å²) in [6, 6.07) is 5.48. The third-order valence-corrected chi connectivity index (χ3v) is 2.06. The SMILES string of the molecule is CCC(C)(O)O.O=C(O)c1ccccc1C(=O)O. The van der Waals surface area contributed by atoms with Crippen LogP contribution in [-0.2, 0) is 0 Å². The molecule has 0 saturated carbocycles. The van der Waals surface area contributed by atoms with Crippen molar-refractivity contribution in [3.05, 3.63) is 35.4 Å². The van der Waals surface area contributed by atoms with Gasteiger partial charge in [-0.15, -0.1) is 0 Å². The fourth-order valence-electron chi connectivity index (χ4n) is 0.856. The summed E-state index contributed by atoms with van der Waals surface area (Å²) in [6.07, 6.45) is 0.382. The van der Waals surface area contributed by atoms with Crippen LogP contribution < -0.4 is 0 Å². The standard InChI is InChI=1S/C8H6O4.C4H10O2/c9-7(10)5-3-1-2-4-6(5)8(11)12;1-3-4(2,5)6/h1-4H,(H,9,10)(H,11,12);5-6H,3H2,1-2H3. The summed E-state index contributed by atoms with van der Waals surface area (Å²) >= 11 is 0. The van der Waals surface area contributed by atoms with E-state index in [1.54, 1.807) is 6.92 Å². The van der Waals surface area contributed by atoms with Gasteiger partial charge in [0.15, 0.2) is 5.79 Å². The van der Waals surface area contributed by atoms with Crippen molar-refractivity contribution < 1.29 is 30.0 Å². The summed E-state index contributed by atoms with van der Waals surface area (Å²) < 4.78 is 0. The van der Waals surface area contributed by atoms with Gasteiger partial charge >= 0.3 is 11.9 Å². The smallest absolute Gasteiger partial charge is 0.336 e. The number of aromatic carboxylic acids is 2. The zero-order valence-corrected chi connectivity index (χ0v) is 10.1. The van der Waals surface area contributed by atoms with E-state index in [1.165, 1.54) is 31.2 Å². The quantitative estimate of drug-likeness (QED) is 0.603. The minimum atomic E-state index is -1.46. The van der Waals surface area contributed by atoms with Gasteiger partial charge in [-0.1, -0.05) is 19.1 Å². The number of carbonyl (C=O) groups is 2. The molecule has 0 aliphatic rings. The van der Waals surface area contributed by atoms with Crippen LogP contribution in [0.25, 0.3) is 0 Å². The lowest BCUT2D eigenvalue weighted by atomic mass is 10.1. The molecule has 0 atom stereocenters. The van der Waals surface area contributed by atoms with Crippen LogP contribution in [0.3, 0.4) is 0 Å². The predicted molar refractivity (Wildman–Crippen MR) is 63.5 cm³/mol. The van der Waals surface area contributed by atoms with E-state index in [-0.39, 0.29) is 11.1 Å². The van der Waals surface area contributed by atoms with Crippen LogP contribution in [0.2, 0.25) is 0 Å². The lowest BCUT2D eigenvalue weighted by molar-refractivity contribution is -0.145. The van der Waals surface area contributed by atoms with E-state index in [0.29, 0.717) is 6.42 Å². The number of hydrogen-bond acceptors (Lipinski definition) is 4. The molecular weight excluding hydrogens is 240 g/mol. The van der Waals surface area contributed by atoms with Gasteiger partial charge in [0.25, 0.3) is 0 Å². The minimum absolute atomic E-state index is 0.190. The van der Waals surface area contributed by atoms with Gasteiger partial charge in [-0.3, -0.25) is 0 Å². The fraction of sp³-hybridized carbons (Fsp3) is 0.333. The first kappa shape index (κ1) is 16.1. The third kappa shape index (κ3) is 5.97. The Kier molecular flexibility index (Phi) is 6.01. The van der Waals surface area contributed by atoms with E-state index in [9.17, 15) is 9.59 Å². The molecule has 18 heavy (non-hydrogen) atoms. The highest BCUT2D eigenvalue weighted by molar-refractivity contribution is 6.01. The normalized spacial score (nSPS) is 10.2. The van der Waals surface area contributed by atoms with Gasteiger partial charge in [0.2, 0.25) is 0 Å². The van der Waals surface area contributed by atoms with Crippen molar-refractivity contribution in [1.82, 2.24) is 0 Å². The van der Waals surface area contributed by atoms with E-state index in [1.807, 2.05) is 0 Å². The Morgan fingerprint density at radius 3 is 1.50 bits per heavy atom. The van der Waals surface area contributed by atoms with E-state index in [0.717, 1.165) is 0 Å². The molecule has 0 saturated heterocycles. The molecule has 0 aliphatic heterocycles. The van der Waals surface area contributed by atoms with Gasteiger partial charge in [-0.25, -0.2) is 9.59 Å². The van der Waals surface area contributed by atoms with E-state index in [4.69, 9.17) is 20.4 Å². The summed E-state index contributed by atoms with van der Waals surface area (Å²) in [5, 5.41) is 33.9. The van der Waals surface area contributed by atoms with Gasteiger partial charge in [0.1, 0.15) is 0 Å². The third-order valence-electron chi connectivity index (χ3n) is 2.06. The van der Waals surface area contributed by atoms with Crippen LogP contribution in [0.5, 0.6) is 0 Å². The molecule has 1 rings (SSSR count). The number of benzene rings is 1. The van der Waals surface area contributed by atoms with Crippen molar-refractivity contribution in [3.63, 3.8) is 0 Å². The molecule has 0 aliphatic carbocycles. The van der Waals surface area contributed by atoms with Crippen LogP contribution in [0.1, 0.15) is 41.0 Å². The van der Waals surface area contributed by atoms with E-state index in [2.05, 4.69) is 0 Å². The highest BCUT2D eigenvalue weighted by atomic mass is 16.5. The molecule has 4 N–H and O–H groups in total. The molecule has 0 aromatic heterocycles. The van der Waals surface area contributed by atoms with Crippen LogP contribution >= 0.6 is 0 Å². The zero-order chi connectivity index (χ0) is 14.3. The molecule has 0 spiro atoms. The van der Waals surface area contributed by atoms with Crippen molar-refractivity contribution in [2.75, 3.05) is 0 Å².